The number of β-amino-alcohol motifs (C(OH)–C–C–N with tert-alkyl or cyclic N) is 1. The summed E-state index contributed by atoms with van der Waals surface area (Å²) in [5.41, 5.74) is -0.261. The van der Waals surface area contributed by atoms with Gasteiger partial charge in [0.15, 0.2) is 0 Å². The van der Waals surface area contributed by atoms with Gasteiger partial charge in [-0.25, -0.2) is 0 Å². The Bertz CT molecular complexity index is 430. The Morgan fingerprint density at radius 3 is 2.68 bits per heavy atom. The molecule has 1 N–H and O–H groups in total. The fraction of sp³-hybridized carbons (Fsp3) is 0.533. The van der Waals surface area contributed by atoms with E-state index in [2.05, 4.69) is 0 Å². The first kappa shape index (κ1) is 13.9. The zero-order valence-electron chi connectivity index (χ0n) is 11.5. The van der Waals surface area contributed by atoms with Crippen molar-refractivity contribution < 1.29 is 14.6 Å². The highest BCUT2D eigenvalue weighted by molar-refractivity contribution is 5.77. The third-order valence-corrected chi connectivity index (χ3v) is 3.49. The van der Waals surface area contributed by atoms with Gasteiger partial charge >= 0.3 is 0 Å². The van der Waals surface area contributed by atoms with Crippen molar-refractivity contribution in [2.75, 3.05) is 13.2 Å². The lowest BCUT2D eigenvalue weighted by Gasteiger charge is -2.31. The summed E-state index contributed by atoms with van der Waals surface area (Å²) in [7, 11) is 0. The van der Waals surface area contributed by atoms with Crippen LogP contribution in [0.25, 0.3) is 0 Å². The molecule has 1 heterocycles. The van der Waals surface area contributed by atoms with Crippen molar-refractivity contribution in [3.05, 3.63) is 30.3 Å². The predicted octanol–water partition coefficient (Wildman–Crippen LogP) is 1.83. The fourth-order valence-corrected chi connectivity index (χ4v) is 2.56. The van der Waals surface area contributed by atoms with Crippen molar-refractivity contribution >= 4 is 5.91 Å². The molecule has 0 radical (unpaired) electrons. The van der Waals surface area contributed by atoms with E-state index in [1.54, 1.807) is 4.90 Å². The van der Waals surface area contributed by atoms with Gasteiger partial charge in [0.1, 0.15) is 5.75 Å². The van der Waals surface area contributed by atoms with Crippen LogP contribution in [0.15, 0.2) is 30.3 Å². The molecule has 0 aromatic heterocycles. The molecule has 1 aliphatic rings. The fourth-order valence-electron chi connectivity index (χ4n) is 2.56. The molecule has 1 amide bonds. The maximum absolute atomic E-state index is 12.1. The SMILES string of the molecule is CC1(C)CC(O)CN1C(=O)CCOc1ccccc1. The van der Waals surface area contributed by atoms with Gasteiger partial charge in [0.2, 0.25) is 5.91 Å². The van der Waals surface area contributed by atoms with Crippen molar-refractivity contribution in [1.29, 1.82) is 0 Å². The molecule has 0 bridgehead atoms. The number of hydrogen-bond donors (Lipinski definition) is 1. The van der Waals surface area contributed by atoms with E-state index < -0.39 is 6.10 Å². The zero-order valence-corrected chi connectivity index (χ0v) is 11.5. The predicted molar refractivity (Wildman–Crippen MR) is 73.0 cm³/mol. The van der Waals surface area contributed by atoms with Crippen LogP contribution in [-0.2, 0) is 4.79 Å². The molecular formula is C15H21NO3. The van der Waals surface area contributed by atoms with E-state index in [0.717, 1.165) is 5.75 Å². The first-order chi connectivity index (χ1) is 8.99. The number of likely N-dealkylation sites (tertiary alicyclic amines) is 1. The average Bonchev–Trinajstić information content (AvgIpc) is 2.64. The molecule has 4 heteroatoms. The number of aliphatic hydroxyl groups is 1. The smallest absolute Gasteiger partial charge is 0.226 e. The molecule has 0 saturated carbocycles. The lowest BCUT2D eigenvalue weighted by molar-refractivity contribution is -0.135. The van der Waals surface area contributed by atoms with Crippen LogP contribution >= 0.6 is 0 Å². The van der Waals surface area contributed by atoms with E-state index in [0.29, 0.717) is 26.0 Å². The molecule has 1 aromatic carbocycles. The van der Waals surface area contributed by atoms with E-state index in [1.165, 1.54) is 0 Å². The number of ether oxygens (including phenoxy) is 1. The van der Waals surface area contributed by atoms with Gasteiger partial charge in [-0.15, -0.1) is 0 Å². The van der Waals surface area contributed by atoms with E-state index in [-0.39, 0.29) is 11.4 Å². The van der Waals surface area contributed by atoms with Gasteiger partial charge in [-0.2, -0.15) is 0 Å². The monoisotopic (exact) mass is 263 g/mol. The first-order valence-corrected chi connectivity index (χ1v) is 6.65. The van der Waals surface area contributed by atoms with Crippen molar-refractivity contribution in [1.82, 2.24) is 4.90 Å². The van der Waals surface area contributed by atoms with Crippen molar-refractivity contribution in [2.24, 2.45) is 0 Å². The summed E-state index contributed by atoms with van der Waals surface area (Å²) in [6.07, 6.45) is 0.567. The van der Waals surface area contributed by atoms with Gasteiger partial charge < -0.3 is 14.7 Å². The van der Waals surface area contributed by atoms with Crippen molar-refractivity contribution in [3.63, 3.8) is 0 Å². The summed E-state index contributed by atoms with van der Waals surface area (Å²) >= 11 is 0. The molecule has 19 heavy (non-hydrogen) atoms. The minimum atomic E-state index is -0.408. The van der Waals surface area contributed by atoms with Crippen molar-refractivity contribution in [3.8, 4) is 5.75 Å². The summed E-state index contributed by atoms with van der Waals surface area (Å²) in [5.74, 6) is 0.813. The Kier molecular flexibility index (Phi) is 4.10. The Labute approximate surface area is 114 Å². The maximum atomic E-state index is 12.1. The minimum absolute atomic E-state index is 0.0393. The van der Waals surface area contributed by atoms with Gasteiger partial charge in [0.25, 0.3) is 0 Å². The van der Waals surface area contributed by atoms with Crippen LogP contribution in [0.1, 0.15) is 26.7 Å². The third-order valence-electron chi connectivity index (χ3n) is 3.49. The number of hydrogen-bond acceptors (Lipinski definition) is 3. The minimum Gasteiger partial charge on any atom is -0.493 e. The van der Waals surface area contributed by atoms with E-state index in [9.17, 15) is 9.90 Å². The van der Waals surface area contributed by atoms with E-state index in [1.807, 2.05) is 44.2 Å². The third kappa shape index (κ3) is 3.47. The Balaban J connectivity index is 1.82. The molecule has 1 aliphatic heterocycles. The van der Waals surface area contributed by atoms with Gasteiger partial charge in [-0.1, -0.05) is 18.2 Å². The Morgan fingerprint density at radius 1 is 1.42 bits per heavy atom. The Hall–Kier alpha value is -1.55. The number of nitrogens with zero attached hydrogens (tertiary/aromatic N) is 1. The number of para-hydroxylation sites is 1. The van der Waals surface area contributed by atoms with Crippen LogP contribution in [-0.4, -0.2) is 40.7 Å². The standard InChI is InChI=1S/C15H21NO3/c1-15(2)10-12(17)11-16(15)14(18)8-9-19-13-6-4-3-5-7-13/h3-7,12,17H,8-11H2,1-2H3. The Morgan fingerprint density at radius 2 is 2.11 bits per heavy atom. The number of rotatable bonds is 4. The van der Waals surface area contributed by atoms with Crippen LogP contribution < -0.4 is 4.74 Å². The van der Waals surface area contributed by atoms with Gasteiger partial charge in [-0.05, 0) is 32.4 Å². The second-order valence-corrected chi connectivity index (χ2v) is 5.59. The zero-order chi connectivity index (χ0) is 13.9. The summed E-state index contributed by atoms with van der Waals surface area (Å²) < 4.78 is 5.52. The van der Waals surface area contributed by atoms with E-state index in [4.69, 9.17) is 4.74 Å². The van der Waals surface area contributed by atoms with Crippen LogP contribution in [0.4, 0.5) is 0 Å². The number of amides is 1. The molecule has 1 aromatic rings. The molecule has 104 valence electrons. The molecular weight excluding hydrogens is 242 g/mol. The van der Waals surface area contributed by atoms with Gasteiger partial charge in [-0.3, -0.25) is 4.79 Å². The summed E-state index contributed by atoms with van der Waals surface area (Å²) in [6.45, 7) is 4.76. The van der Waals surface area contributed by atoms with Crippen LogP contribution in [0, 0.1) is 0 Å². The highest BCUT2D eigenvalue weighted by Crippen LogP contribution is 2.29. The molecule has 1 atom stereocenters. The molecule has 1 unspecified atom stereocenters. The molecule has 1 saturated heterocycles. The molecule has 2 rings (SSSR count). The maximum Gasteiger partial charge on any atom is 0.226 e. The van der Waals surface area contributed by atoms with Gasteiger partial charge in [0.05, 0.1) is 19.1 Å². The molecule has 0 spiro atoms. The quantitative estimate of drug-likeness (QED) is 0.901. The normalized spacial score (nSPS) is 21.4. The highest BCUT2D eigenvalue weighted by atomic mass is 16.5. The lowest BCUT2D eigenvalue weighted by atomic mass is 10.0. The molecule has 1 fully saturated rings. The number of carbonyl (C=O) groups excluding carboxylic acids is 1. The van der Waals surface area contributed by atoms with Crippen LogP contribution in [0.3, 0.4) is 0 Å². The number of benzene rings is 1. The lowest BCUT2D eigenvalue weighted by Crippen LogP contribution is -2.43. The highest BCUT2D eigenvalue weighted by Gasteiger charge is 2.39. The summed E-state index contributed by atoms with van der Waals surface area (Å²) in [6, 6.07) is 9.46. The largest absolute Gasteiger partial charge is 0.493 e. The molecule has 4 nitrogen and oxygen atoms in total. The van der Waals surface area contributed by atoms with Crippen molar-refractivity contribution in [2.45, 2.75) is 38.3 Å². The average molecular weight is 263 g/mol. The first-order valence-electron chi connectivity index (χ1n) is 6.65. The topological polar surface area (TPSA) is 49.8 Å². The summed E-state index contributed by atoms with van der Waals surface area (Å²) in [4.78, 5) is 13.9. The second kappa shape index (κ2) is 5.61. The van der Waals surface area contributed by atoms with Crippen LogP contribution in [0.2, 0.25) is 0 Å². The molecule has 0 aliphatic carbocycles. The van der Waals surface area contributed by atoms with Gasteiger partial charge in [0, 0.05) is 12.1 Å². The second-order valence-electron chi connectivity index (χ2n) is 5.59. The number of carbonyl (C=O) groups is 1. The number of aliphatic hydroxyl groups excluding tert-OH is 1. The van der Waals surface area contributed by atoms with E-state index >= 15 is 0 Å². The summed E-state index contributed by atoms with van der Waals surface area (Å²) in [5, 5.41) is 9.66. The van der Waals surface area contributed by atoms with Crippen LogP contribution in [0.5, 0.6) is 5.75 Å².